The normalized spacial score (nSPS) is 27.4. The molecule has 0 saturated heterocycles. The Hall–Kier alpha value is -0.610. The van der Waals surface area contributed by atoms with Crippen molar-refractivity contribution in [3.05, 3.63) is 0 Å². The van der Waals surface area contributed by atoms with Crippen molar-refractivity contribution in [2.45, 2.75) is 82.5 Å². The van der Waals surface area contributed by atoms with Crippen molar-refractivity contribution in [1.82, 2.24) is 10.2 Å². The minimum Gasteiger partial charge on any atom is -0.480 e. The van der Waals surface area contributed by atoms with Crippen LogP contribution in [0.2, 0.25) is 0 Å². The van der Waals surface area contributed by atoms with Gasteiger partial charge in [-0.3, -0.25) is 15.0 Å². The average molecular weight is 280 g/mol. The number of aliphatic carboxylic acids is 1. The monoisotopic (exact) mass is 280 g/mol. The van der Waals surface area contributed by atoms with Gasteiger partial charge in [0, 0.05) is 24.7 Å². The molecule has 4 nitrogen and oxygen atoms in total. The predicted octanol–water partition coefficient (Wildman–Crippen LogP) is 2.23. The van der Waals surface area contributed by atoms with Crippen LogP contribution in [-0.2, 0) is 4.79 Å². The van der Waals surface area contributed by atoms with Crippen LogP contribution >= 0.6 is 0 Å². The molecule has 3 aliphatic rings. The molecule has 3 aliphatic carbocycles. The van der Waals surface area contributed by atoms with Gasteiger partial charge in [0.1, 0.15) is 5.54 Å². The zero-order valence-corrected chi connectivity index (χ0v) is 12.8. The van der Waals surface area contributed by atoms with Crippen LogP contribution in [0.1, 0.15) is 58.8 Å². The standard InChI is InChI=1S/C16H28N2O2/c1-11(18(14-7-8-14)10-12-3-4-12)9-16(2,15(19)20)17-13-5-6-13/h11-14,17H,3-10H2,1-2H3,(H,19,20). The van der Waals surface area contributed by atoms with E-state index in [0.717, 1.165) is 24.8 Å². The van der Waals surface area contributed by atoms with E-state index in [1.807, 2.05) is 6.92 Å². The number of rotatable bonds is 9. The van der Waals surface area contributed by atoms with Crippen LogP contribution < -0.4 is 5.32 Å². The number of hydrogen-bond acceptors (Lipinski definition) is 3. The van der Waals surface area contributed by atoms with Crippen LogP contribution in [-0.4, -0.2) is 46.2 Å². The first-order valence-electron chi connectivity index (χ1n) is 8.25. The zero-order valence-electron chi connectivity index (χ0n) is 12.8. The summed E-state index contributed by atoms with van der Waals surface area (Å²) in [5.74, 6) is 0.184. The minimum atomic E-state index is -0.767. The molecule has 3 fully saturated rings. The summed E-state index contributed by atoms with van der Waals surface area (Å²) < 4.78 is 0. The SMILES string of the molecule is CC(CC(C)(NC1CC1)C(=O)O)N(CC1CC1)C1CC1. The van der Waals surface area contributed by atoms with Gasteiger partial charge in [0.2, 0.25) is 0 Å². The highest BCUT2D eigenvalue weighted by molar-refractivity contribution is 5.78. The molecular weight excluding hydrogens is 252 g/mol. The summed E-state index contributed by atoms with van der Waals surface area (Å²) >= 11 is 0. The summed E-state index contributed by atoms with van der Waals surface area (Å²) in [6, 6.07) is 1.51. The Balaban J connectivity index is 1.60. The zero-order chi connectivity index (χ0) is 14.3. The third-order valence-corrected chi connectivity index (χ3v) is 5.02. The van der Waals surface area contributed by atoms with Crippen LogP contribution in [0.25, 0.3) is 0 Å². The van der Waals surface area contributed by atoms with Crippen LogP contribution in [0.5, 0.6) is 0 Å². The molecule has 114 valence electrons. The maximum absolute atomic E-state index is 11.7. The maximum Gasteiger partial charge on any atom is 0.323 e. The van der Waals surface area contributed by atoms with Gasteiger partial charge in [-0.15, -0.1) is 0 Å². The molecule has 0 aromatic carbocycles. The molecule has 2 N–H and O–H groups in total. The number of carboxylic acids is 1. The molecule has 20 heavy (non-hydrogen) atoms. The summed E-state index contributed by atoms with van der Waals surface area (Å²) in [6.45, 7) is 5.27. The van der Waals surface area contributed by atoms with Gasteiger partial charge in [-0.2, -0.15) is 0 Å². The molecule has 0 heterocycles. The van der Waals surface area contributed by atoms with E-state index in [4.69, 9.17) is 0 Å². The quantitative estimate of drug-likeness (QED) is 0.680. The highest BCUT2D eigenvalue weighted by atomic mass is 16.4. The van der Waals surface area contributed by atoms with E-state index < -0.39 is 11.5 Å². The molecule has 2 unspecified atom stereocenters. The topological polar surface area (TPSA) is 52.6 Å². The summed E-state index contributed by atoms with van der Waals surface area (Å²) in [4.78, 5) is 14.3. The number of nitrogens with one attached hydrogen (secondary N) is 1. The van der Waals surface area contributed by atoms with Gasteiger partial charge >= 0.3 is 5.97 Å². The number of nitrogens with zero attached hydrogens (tertiary/aromatic N) is 1. The van der Waals surface area contributed by atoms with Gasteiger partial charge in [0.05, 0.1) is 0 Å². The molecule has 3 saturated carbocycles. The average Bonchev–Trinajstić information content (AvgIpc) is 3.23. The van der Waals surface area contributed by atoms with Gasteiger partial charge in [-0.05, 0) is 64.7 Å². The third-order valence-electron chi connectivity index (χ3n) is 5.02. The van der Waals surface area contributed by atoms with Gasteiger partial charge in [-0.25, -0.2) is 0 Å². The lowest BCUT2D eigenvalue weighted by Gasteiger charge is -2.36. The first kappa shape index (κ1) is 14.3. The largest absolute Gasteiger partial charge is 0.480 e. The third kappa shape index (κ3) is 3.53. The Morgan fingerprint density at radius 2 is 1.95 bits per heavy atom. The van der Waals surface area contributed by atoms with Crippen molar-refractivity contribution in [3.8, 4) is 0 Å². The Morgan fingerprint density at radius 3 is 2.40 bits per heavy atom. The fourth-order valence-electron chi connectivity index (χ4n) is 3.29. The van der Waals surface area contributed by atoms with Crippen molar-refractivity contribution < 1.29 is 9.90 Å². The van der Waals surface area contributed by atoms with E-state index in [1.54, 1.807) is 0 Å². The van der Waals surface area contributed by atoms with E-state index in [1.165, 1.54) is 32.2 Å². The number of carboxylic acid groups (broad SMARTS) is 1. The molecule has 0 aromatic rings. The molecule has 3 rings (SSSR count). The second-order valence-electron chi connectivity index (χ2n) is 7.48. The van der Waals surface area contributed by atoms with E-state index in [2.05, 4.69) is 17.1 Å². The molecule has 0 spiro atoms. The minimum absolute atomic E-state index is 0.357. The predicted molar refractivity (Wildman–Crippen MR) is 78.7 cm³/mol. The summed E-state index contributed by atoms with van der Waals surface area (Å²) in [5.41, 5.74) is -0.767. The van der Waals surface area contributed by atoms with Gasteiger partial charge < -0.3 is 5.11 Å². The Morgan fingerprint density at radius 1 is 1.30 bits per heavy atom. The van der Waals surface area contributed by atoms with Crippen LogP contribution in [0.15, 0.2) is 0 Å². The molecule has 0 bridgehead atoms. The van der Waals surface area contributed by atoms with Crippen molar-refractivity contribution in [3.63, 3.8) is 0 Å². The van der Waals surface area contributed by atoms with Gasteiger partial charge in [-0.1, -0.05) is 0 Å². The van der Waals surface area contributed by atoms with E-state index >= 15 is 0 Å². The molecule has 0 radical (unpaired) electrons. The summed E-state index contributed by atoms with van der Waals surface area (Å²) in [6.07, 6.45) is 8.31. The molecule has 0 aromatic heterocycles. The second kappa shape index (κ2) is 5.30. The van der Waals surface area contributed by atoms with Crippen molar-refractivity contribution >= 4 is 5.97 Å². The fourth-order valence-corrected chi connectivity index (χ4v) is 3.29. The van der Waals surface area contributed by atoms with Gasteiger partial charge in [0.15, 0.2) is 0 Å². The number of hydrogen-bond donors (Lipinski definition) is 2. The molecule has 4 heteroatoms. The lowest BCUT2D eigenvalue weighted by molar-refractivity contribution is -0.145. The fraction of sp³-hybridized carbons (Fsp3) is 0.938. The Labute approximate surface area is 121 Å². The van der Waals surface area contributed by atoms with Crippen molar-refractivity contribution in [2.24, 2.45) is 5.92 Å². The molecular formula is C16H28N2O2. The molecule has 2 atom stereocenters. The maximum atomic E-state index is 11.7. The molecule has 0 aliphatic heterocycles. The second-order valence-corrected chi connectivity index (χ2v) is 7.48. The highest BCUT2D eigenvalue weighted by Gasteiger charge is 2.43. The first-order valence-corrected chi connectivity index (χ1v) is 8.25. The summed E-state index contributed by atoms with van der Waals surface area (Å²) in [7, 11) is 0. The van der Waals surface area contributed by atoms with Crippen LogP contribution in [0.3, 0.4) is 0 Å². The number of carbonyl (C=O) groups is 1. The van der Waals surface area contributed by atoms with E-state index in [9.17, 15) is 9.90 Å². The van der Waals surface area contributed by atoms with Gasteiger partial charge in [0.25, 0.3) is 0 Å². The Bertz CT molecular complexity index is 375. The molecule has 0 amide bonds. The van der Waals surface area contributed by atoms with Crippen molar-refractivity contribution in [1.29, 1.82) is 0 Å². The van der Waals surface area contributed by atoms with Crippen LogP contribution in [0.4, 0.5) is 0 Å². The van der Waals surface area contributed by atoms with E-state index in [-0.39, 0.29) is 0 Å². The van der Waals surface area contributed by atoms with E-state index in [0.29, 0.717) is 18.5 Å². The summed E-state index contributed by atoms with van der Waals surface area (Å²) in [5, 5.41) is 13.0. The first-order chi connectivity index (χ1) is 9.48. The Kier molecular flexibility index (Phi) is 3.80. The van der Waals surface area contributed by atoms with Crippen LogP contribution in [0, 0.1) is 5.92 Å². The lowest BCUT2D eigenvalue weighted by atomic mass is 9.92. The highest BCUT2D eigenvalue weighted by Crippen LogP contribution is 2.37. The lowest BCUT2D eigenvalue weighted by Crippen LogP contribution is -2.54. The van der Waals surface area contributed by atoms with Crippen molar-refractivity contribution in [2.75, 3.05) is 6.54 Å². The smallest absolute Gasteiger partial charge is 0.323 e.